The molecule has 1 amide bonds. The number of halogens is 1. The number of fused-ring (bicyclic) bond motifs is 2. The zero-order valence-electron chi connectivity index (χ0n) is 18.2. The van der Waals surface area contributed by atoms with Crippen molar-refractivity contribution in [3.8, 4) is 0 Å². The van der Waals surface area contributed by atoms with Crippen molar-refractivity contribution in [2.45, 2.75) is 38.6 Å². The quantitative estimate of drug-likeness (QED) is 0.448. The van der Waals surface area contributed by atoms with Gasteiger partial charge in [-0.3, -0.25) is 4.79 Å². The molecule has 2 aromatic rings. The number of carbonyl (C=O) groups excluding carboxylic acids is 1. The van der Waals surface area contributed by atoms with Gasteiger partial charge >= 0.3 is 0 Å². The van der Waals surface area contributed by atoms with Crippen LogP contribution in [0.5, 0.6) is 0 Å². The van der Waals surface area contributed by atoms with Gasteiger partial charge in [-0.15, -0.1) is 0 Å². The minimum Gasteiger partial charge on any atom is -0.397 e. The first-order valence-corrected chi connectivity index (χ1v) is 11.3. The Balaban J connectivity index is 1.22. The molecule has 0 radical (unpaired) electrons. The van der Waals surface area contributed by atoms with E-state index in [9.17, 15) is 9.18 Å². The van der Waals surface area contributed by atoms with E-state index in [1.165, 1.54) is 61.9 Å². The lowest BCUT2D eigenvalue weighted by Gasteiger charge is -2.45. The molecule has 0 saturated heterocycles. The van der Waals surface area contributed by atoms with E-state index >= 15 is 0 Å². The van der Waals surface area contributed by atoms with Crippen LogP contribution in [-0.4, -0.2) is 24.4 Å². The number of hydrogen-bond donors (Lipinski definition) is 2. The summed E-state index contributed by atoms with van der Waals surface area (Å²) in [4.78, 5) is 14.5. The molecule has 3 aliphatic carbocycles. The highest BCUT2D eigenvalue weighted by Crippen LogP contribution is 2.48. The summed E-state index contributed by atoms with van der Waals surface area (Å²) in [5.41, 5.74) is 8.56. The summed E-state index contributed by atoms with van der Waals surface area (Å²) in [6, 6.07) is 12.2. The second kappa shape index (κ2) is 9.65. The van der Waals surface area contributed by atoms with E-state index in [1.54, 1.807) is 6.08 Å². The predicted octanol–water partition coefficient (Wildman–Crippen LogP) is 5.32. The lowest BCUT2D eigenvalue weighted by Crippen LogP contribution is -2.35. The molecule has 3 saturated carbocycles. The number of anilines is 2. The summed E-state index contributed by atoms with van der Waals surface area (Å²) in [5, 5.41) is 2.67. The van der Waals surface area contributed by atoms with E-state index in [0.717, 1.165) is 36.4 Å². The topological polar surface area (TPSA) is 58.4 Å². The summed E-state index contributed by atoms with van der Waals surface area (Å²) in [7, 11) is 2.20. The van der Waals surface area contributed by atoms with E-state index < -0.39 is 5.82 Å². The van der Waals surface area contributed by atoms with E-state index in [0.29, 0.717) is 5.69 Å². The Kier molecular flexibility index (Phi) is 6.71. The van der Waals surface area contributed by atoms with Gasteiger partial charge in [0.2, 0.25) is 5.91 Å². The normalized spacial score (nSPS) is 22.5. The molecule has 2 bridgehead atoms. The predicted molar refractivity (Wildman–Crippen MR) is 125 cm³/mol. The van der Waals surface area contributed by atoms with E-state index in [-0.39, 0.29) is 11.6 Å². The van der Waals surface area contributed by atoms with Crippen LogP contribution in [0.4, 0.5) is 15.8 Å². The van der Waals surface area contributed by atoms with Gasteiger partial charge in [-0.2, -0.15) is 0 Å². The fourth-order valence-corrected chi connectivity index (χ4v) is 5.05. The molecule has 3 N–H and O–H groups in total. The van der Waals surface area contributed by atoms with Crippen molar-refractivity contribution in [2.24, 2.45) is 17.8 Å². The molecule has 0 spiro atoms. The van der Waals surface area contributed by atoms with Crippen molar-refractivity contribution in [2.75, 3.05) is 24.6 Å². The van der Waals surface area contributed by atoms with Gasteiger partial charge in [0, 0.05) is 12.6 Å². The first kappa shape index (κ1) is 21.6. The second-order valence-corrected chi connectivity index (χ2v) is 9.36. The SMILES string of the molecule is CN(CCC1CC2CC(C1)C2)Cc1ccc(/C=C/C(=O)Nc2ccc(F)cc2N)cc1. The Hall–Kier alpha value is -2.66. The molecule has 0 atom stereocenters. The third-order valence-electron chi connectivity index (χ3n) is 6.72. The molecule has 164 valence electrons. The van der Waals surface area contributed by atoms with Crippen LogP contribution in [0.1, 0.15) is 43.2 Å². The Morgan fingerprint density at radius 3 is 2.52 bits per heavy atom. The van der Waals surface area contributed by atoms with Gasteiger partial charge in [0.05, 0.1) is 11.4 Å². The number of nitrogens with one attached hydrogen (secondary N) is 1. The zero-order valence-corrected chi connectivity index (χ0v) is 18.2. The Labute approximate surface area is 184 Å². The van der Waals surface area contributed by atoms with Crippen LogP contribution in [0.2, 0.25) is 0 Å². The molecule has 5 heteroatoms. The fraction of sp³-hybridized carbons (Fsp3) is 0.423. The zero-order chi connectivity index (χ0) is 21.8. The van der Waals surface area contributed by atoms with Gasteiger partial charge in [0.25, 0.3) is 0 Å². The minimum absolute atomic E-state index is 0.204. The Morgan fingerprint density at radius 1 is 1.13 bits per heavy atom. The summed E-state index contributed by atoms with van der Waals surface area (Å²) >= 11 is 0. The highest BCUT2D eigenvalue weighted by atomic mass is 19.1. The third-order valence-corrected chi connectivity index (χ3v) is 6.72. The number of nitrogens with two attached hydrogens (primary N) is 1. The van der Waals surface area contributed by atoms with Crippen LogP contribution < -0.4 is 11.1 Å². The van der Waals surface area contributed by atoms with Crippen LogP contribution in [0, 0.1) is 23.6 Å². The van der Waals surface area contributed by atoms with E-state index in [4.69, 9.17) is 5.73 Å². The lowest BCUT2D eigenvalue weighted by atomic mass is 9.61. The lowest BCUT2D eigenvalue weighted by molar-refractivity contribution is -0.111. The van der Waals surface area contributed by atoms with E-state index in [2.05, 4.69) is 29.4 Å². The number of carbonyl (C=O) groups is 1. The van der Waals surface area contributed by atoms with Crippen molar-refractivity contribution in [1.82, 2.24) is 4.90 Å². The van der Waals surface area contributed by atoms with Crippen molar-refractivity contribution >= 4 is 23.4 Å². The summed E-state index contributed by atoms with van der Waals surface area (Å²) in [5.74, 6) is 2.27. The van der Waals surface area contributed by atoms with Gasteiger partial charge in [0.1, 0.15) is 5.82 Å². The highest BCUT2D eigenvalue weighted by Gasteiger charge is 2.37. The third kappa shape index (κ3) is 5.95. The first-order valence-electron chi connectivity index (χ1n) is 11.3. The van der Waals surface area contributed by atoms with Crippen LogP contribution in [-0.2, 0) is 11.3 Å². The Bertz CT molecular complexity index is 924. The molecule has 0 aromatic heterocycles. The number of benzene rings is 2. The number of rotatable bonds is 8. The van der Waals surface area contributed by atoms with E-state index in [1.807, 2.05) is 12.1 Å². The van der Waals surface area contributed by atoms with Crippen molar-refractivity contribution < 1.29 is 9.18 Å². The second-order valence-electron chi connectivity index (χ2n) is 9.36. The van der Waals surface area contributed by atoms with Gasteiger partial charge in [0.15, 0.2) is 0 Å². The van der Waals surface area contributed by atoms with Gasteiger partial charge in [-0.1, -0.05) is 24.3 Å². The maximum absolute atomic E-state index is 13.1. The molecule has 4 nitrogen and oxygen atoms in total. The van der Waals surface area contributed by atoms with Crippen molar-refractivity contribution in [1.29, 1.82) is 0 Å². The molecular weight excluding hydrogens is 389 g/mol. The van der Waals surface area contributed by atoms with Crippen LogP contribution in [0.25, 0.3) is 6.08 Å². The van der Waals surface area contributed by atoms with Gasteiger partial charge in [-0.25, -0.2) is 4.39 Å². The maximum atomic E-state index is 13.1. The number of hydrogen-bond acceptors (Lipinski definition) is 3. The summed E-state index contributed by atoms with van der Waals surface area (Å²) < 4.78 is 13.1. The fourth-order valence-electron chi connectivity index (χ4n) is 5.05. The average Bonchev–Trinajstić information content (AvgIpc) is 2.73. The molecule has 3 aliphatic rings. The monoisotopic (exact) mass is 421 g/mol. The molecular formula is C26H32FN3O. The molecule has 31 heavy (non-hydrogen) atoms. The number of nitrogens with zero attached hydrogens (tertiary/aromatic N) is 1. The molecule has 5 rings (SSSR count). The molecule has 2 aromatic carbocycles. The van der Waals surface area contributed by atoms with Crippen LogP contribution in [0.15, 0.2) is 48.5 Å². The van der Waals surface area contributed by atoms with Crippen molar-refractivity contribution in [3.05, 3.63) is 65.5 Å². The smallest absolute Gasteiger partial charge is 0.248 e. The van der Waals surface area contributed by atoms with Crippen molar-refractivity contribution in [3.63, 3.8) is 0 Å². The highest BCUT2D eigenvalue weighted by molar-refractivity contribution is 6.03. The van der Waals surface area contributed by atoms with Crippen LogP contribution in [0.3, 0.4) is 0 Å². The van der Waals surface area contributed by atoms with Gasteiger partial charge in [-0.05, 0) is 98.9 Å². The number of nitrogen functional groups attached to an aromatic ring is 1. The number of amides is 1. The van der Waals surface area contributed by atoms with Gasteiger partial charge < -0.3 is 16.0 Å². The average molecular weight is 422 g/mol. The minimum atomic E-state index is -0.429. The molecule has 3 fully saturated rings. The first-order chi connectivity index (χ1) is 14.9. The summed E-state index contributed by atoms with van der Waals surface area (Å²) in [6.45, 7) is 2.09. The van der Waals surface area contributed by atoms with Crippen LogP contribution >= 0.6 is 0 Å². The summed E-state index contributed by atoms with van der Waals surface area (Å²) in [6.07, 6.45) is 10.4. The molecule has 0 unspecified atom stereocenters. The Morgan fingerprint density at radius 2 is 1.84 bits per heavy atom. The maximum Gasteiger partial charge on any atom is 0.248 e. The molecule has 0 aliphatic heterocycles. The largest absolute Gasteiger partial charge is 0.397 e. The standard InChI is InChI=1S/C26H32FN3O/c1-30(11-10-20-12-21-14-22(13-20)15-21)17-19-4-2-18(3-5-19)6-9-26(31)29-25-8-7-23(27)16-24(25)28/h2-9,16,20-22H,10-15,17,28H2,1H3,(H,29,31)/b9-6+. The molecule has 0 heterocycles.